The van der Waals surface area contributed by atoms with E-state index in [0.717, 1.165) is 127 Å². The smallest absolute Gasteiger partial charge is 0.305 e. The summed E-state index contributed by atoms with van der Waals surface area (Å²) in [5.41, 5.74) is 9.12. The number of hydrogen-bond donors (Lipinski definition) is 6. The summed E-state index contributed by atoms with van der Waals surface area (Å²) in [6.07, 6.45) is 25.7. The quantitative estimate of drug-likeness (QED) is 0.0520. The Balaban J connectivity index is 0.000000147. The molecule has 0 aromatic heterocycles. The van der Waals surface area contributed by atoms with Crippen molar-refractivity contribution in [3.05, 3.63) is 70.8 Å². The maximum atomic E-state index is 13.3. The number of nitrogens with zero attached hydrogens (tertiary/aromatic N) is 1. The number of nitrogens with two attached hydrogens (primary N) is 1. The van der Waals surface area contributed by atoms with E-state index in [9.17, 15) is 49.2 Å². The lowest BCUT2D eigenvalue weighted by molar-refractivity contribution is -0.186. The van der Waals surface area contributed by atoms with Gasteiger partial charge in [-0.05, 0) is 335 Å². The van der Waals surface area contributed by atoms with E-state index in [2.05, 4.69) is 88.4 Å². The summed E-state index contributed by atoms with van der Waals surface area (Å²) in [5, 5.41) is 48.5. The van der Waals surface area contributed by atoms with Crippen LogP contribution in [0.15, 0.2) is 48.5 Å². The van der Waals surface area contributed by atoms with Crippen molar-refractivity contribution in [1.29, 1.82) is 0 Å². The molecule has 7 N–H and O–H groups in total. The second-order valence-electron chi connectivity index (χ2n) is 41.0. The van der Waals surface area contributed by atoms with E-state index in [0.29, 0.717) is 159 Å². The molecule has 3 amide bonds. The third kappa shape index (κ3) is 14.3. The lowest BCUT2D eigenvalue weighted by Gasteiger charge is -2.64. The molecular formula is C94H143N3O13. The van der Waals surface area contributed by atoms with Gasteiger partial charge in [0.2, 0.25) is 0 Å². The minimum atomic E-state index is -0.344. The first-order chi connectivity index (χ1) is 52.2. The zero-order chi connectivity index (χ0) is 79.2. The number of methoxy groups -OCH3 is 3. The normalized spacial score (nSPS) is 44.7. The number of carbonyl (C=O) groups excluding carboxylic acids is 6. The van der Waals surface area contributed by atoms with Crippen LogP contribution in [0.25, 0.3) is 0 Å². The first-order valence-electron chi connectivity index (χ1n) is 44.2. The van der Waals surface area contributed by atoms with E-state index >= 15 is 0 Å². The molecule has 2 aromatic carbocycles. The number of esters is 3. The largest absolute Gasteiger partial charge is 0.469 e. The Morgan fingerprint density at radius 3 is 1.25 bits per heavy atom. The minimum absolute atomic E-state index is 0.0147. The van der Waals surface area contributed by atoms with Gasteiger partial charge in [-0.25, -0.2) is 0 Å². The first kappa shape index (κ1) is 83.2. The van der Waals surface area contributed by atoms with Crippen LogP contribution in [0.2, 0.25) is 0 Å². The predicted molar refractivity (Wildman–Crippen MR) is 427 cm³/mol. The van der Waals surface area contributed by atoms with Crippen molar-refractivity contribution in [2.24, 2.45) is 162 Å². The summed E-state index contributed by atoms with van der Waals surface area (Å²) < 4.78 is 14.7. The third-order valence-corrected chi connectivity index (χ3v) is 36.7. The number of aliphatic hydroxyl groups is 4. The monoisotopic (exact) mass is 1520 g/mol. The van der Waals surface area contributed by atoms with Gasteiger partial charge in [0.15, 0.2) is 0 Å². The number of rotatable bonds is 16. The van der Waals surface area contributed by atoms with Gasteiger partial charge in [-0.15, -0.1) is 0 Å². The highest BCUT2D eigenvalue weighted by Gasteiger charge is 2.69. The molecule has 12 saturated carbocycles. The maximum absolute atomic E-state index is 13.3. The zero-order valence-corrected chi connectivity index (χ0v) is 70.0. The van der Waals surface area contributed by atoms with Crippen LogP contribution < -0.4 is 11.1 Å². The van der Waals surface area contributed by atoms with E-state index in [1.807, 2.05) is 30.3 Å². The highest BCUT2D eigenvalue weighted by Crippen LogP contribution is 2.74. The van der Waals surface area contributed by atoms with E-state index in [1.54, 1.807) is 23.1 Å². The van der Waals surface area contributed by atoms with Crippen LogP contribution in [-0.4, -0.2) is 119 Å². The van der Waals surface area contributed by atoms with Crippen LogP contribution in [0.1, 0.15) is 293 Å². The highest BCUT2D eigenvalue weighted by molar-refractivity contribution is 6.21. The fourth-order valence-electron chi connectivity index (χ4n) is 30.7. The Kier molecular flexibility index (Phi) is 24.5. The second kappa shape index (κ2) is 32.4. The molecule has 33 atom stereocenters. The van der Waals surface area contributed by atoms with Gasteiger partial charge in [0, 0.05) is 43.0 Å². The summed E-state index contributed by atoms with van der Waals surface area (Å²) in [4.78, 5) is 76.6. The minimum Gasteiger partial charge on any atom is -0.469 e. The summed E-state index contributed by atoms with van der Waals surface area (Å²) in [7, 11) is 4.39. The fourth-order valence-corrected chi connectivity index (χ4v) is 30.7. The number of fused-ring (bicyclic) bond motifs is 16. The lowest BCUT2D eigenvalue weighted by Crippen LogP contribution is -2.61. The summed E-state index contributed by atoms with van der Waals surface area (Å²) in [5.74, 6) is 10.5. The maximum Gasteiger partial charge on any atom is 0.305 e. The average molecular weight is 1520 g/mol. The fraction of sp³-hybridized carbons (Fsp3) is 0.809. The molecule has 16 nitrogen and oxygen atoms in total. The van der Waals surface area contributed by atoms with E-state index in [1.165, 1.54) is 66.3 Å². The molecule has 1 heterocycles. The Hall–Kier alpha value is -4.74. The molecule has 1 aliphatic heterocycles. The molecular weight excluding hydrogens is 1380 g/mol. The molecule has 15 rings (SSSR count). The highest BCUT2D eigenvalue weighted by atomic mass is 16.5. The Labute approximate surface area is 659 Å². The van der Waals surface area contributed by atoms with E-state index in [-0.39, 0.29) is 99.7 Å². The van der Waals surface area contributed by atoms with Crippen LogP contribution >= 0.6 is 0 Å². The molecule has 13 aliphatic rings. The van der Waals surface area contributed by atoms with Gasteiger partial charge in [-0.3, -0.25) is 33.7 Å². The molecule has 0 spiro atoms. The number of hydrogen-bond acceptors (Lipinski definition) is 14. The van der Waals surface area contributed by atoms with Crippen molar-refractivity contribution in [1.82, 2.24) is 10.2 Å². The second-order valence-corrected chi connectivity index (χ2v) is 41.0. The Morgan fingerprint density at radius 1 is 0.482 bits per heavy atom. The SMILES string of the molecule is COC(=O)CCC(C)[C@H]1CCC2C3C(CC(O)[C@@]21C)[C@@]1(C)CCC(N)CC1C[C@H]3C.COC(=O)CCC(C)[C@H]1CCC2C3C(CC(O)[C@@]21C)[C@@]1(C)CCC(N2C(=O)c4ccccc4C2=O)CC1C[C@H]3C.COC(=O)CCC(C)[C@H]1CCC2C3C(CC(O)[C@@]21C)[C@@]1(C)CCC(NC(=O)c2ccccc2CO)CC1C[C@H]3C. The van der Waals surface area contributed by atoms with Crippen molar-refractivity contribution in [3.8, 4) is 0 Å². The van der Waals surface area contributed by atoms with Crippen LogP contribution in [0.3, 0.4) is 0 Å². The van der Waals surface area contributed by atoms with Crippen molar-refractivity contribution < 1.29 is 63.4 Å². The molecule has 12 fully saturated rings. The van der Waals surface area contributed by atoms with Crippen molar-refractivity contribution >= 4 is 35.6 Å². The molecule has 110 heavy (non-hydrogen) atoms. The Morgan fingerprint density at radius 2 is 0.845 bits per heavy atom. The van der Waals surface area contributed by atoms with Gasteiger partial charge in [-0.1, -0.05) is 113 Å². The number of aliphatic hydroxyl groups excluding tert-OH is 4. The van der Waals surface area contributed by atoms with Crippen LogP contribution in [0, 0.1) is 157 Å². The van der Waals surface area contributed by atoms with Crippen molar-refractivity contribution in [2.45, 2.75) is 299 Å². The van der Waals surface area contributed by atoms with Crippen molar-refractivity contribution in [2.75, 3.05) is 21.3 Å². The number of carbonyl (C=O) groups is 6. The molecule has 12 aliphatic carbocycles. The standard InChI is InChI=1S/C34H47NO5.C34H51NO5.C26H45NO3/c1-19(10-13-29(37)40-5)25-11-12-26-30-20(2)16-21-17-22(35-31(38)23-8-6-7-9-24(23)32(35)39)14-15-33(21,3)27(30)18-28(36)34(25,26)4;1-20(10-13-30(38)40-5)26-11-12-27-31-21(2)16-23-17-24(35-32(39)25-9-7-6-8-22(25)19-36)14-15-33(23,3)28(31)18-29(37)34(26,27)4;1-15(6-9-23(29)30-5)19-7-8-20-24-16(2)12-17-13-18(27)10-11-25(17,3)21(24)14-22(28)26(19,20)4/h6-9,19-22,25-28,30,36H,10-18H2,1-5H3;6-9,20-21,23-24,26-29,31,36-37H,10-19H2,1-5H3,(H,35,39);15-22,24,28H,6-14,27H2,1-5H3/t19?,20-,21?,22?,25-,26?,27?,28?,30?,33+,34-;20?,21-,23?,24?,26-,27?,28?,29?,31?,33+,34-;15?,16-,17?,18?,19-,20?,21?,22?,24?,25+,26-/m111/s1. The summed E-state index contributed by atoms with van der Waals surface area (Å²) in [6.45, 7) is 28.7. The van der Waals surface area contributed by atoms with Gasteiger partial charge in [0.25, 0.3) is 17.7 Å². The number of nitrogens with one attached hydrogen (secondary N) is 1. The molecule has 16 heteroatoms. The number of imide groups is 1. The molecule has 0 bridgehead atoms. The topological polar surface area (TPSA) is 252 Å². The number of ether oxygens (including phenoxy) is 3. The first-order valence-corrected chi connectivity index (χ1v) is 44.2. The number of amides is 3. The van der Waals surface area contributed by atoms with Gasteiger partial charge >= 0.3 is 17.9 Å². The van der Waals surface area contributed by atoms with Crippen LogP contribution in [-0.2, 0) is 35.2 Å². The van der Waals surface area contributed by atoms with Gasteiger partial charge in [0.1, 0.15) is 0 Å². The zero-order valence-electron chi connectivity index (χ0n) is 70.0. The van der Waals surface area contributed by atoms with Crippen LogP contribution in [0.5, 0.6) is 0 Å². The lowest BCUT2D eigenvalue weighted by atomic mass is 9.41. The van der Waals surface area contributed by atoms with Crippen molar-refractivity contribution in [3.63, 3.8) is 0 Å². The molecule has 21 unspecified atom stereocenters. The third-order valence-electron chi connectivity index (χ3n) is 36.7. The average Bonchev–Trinajstić information content (AvgIpc) is 1.46. The molecule has 612 valence electrons. The van der Waals surface area contributed by atoms with Gasteiger partial charge in [-0.2, -0.15) is 0 Å². The van der Waals surface area contributed by atoms with Gasteiger partial charge < -0.3 is 45.7 Å². The Bertz CT molecular complexity index is 3620. The summed E-state index contributed by atoms with van der Waals surface area (Å²) in [6, 6.07) is 15.0. The molecule has 0 saturated heterocycles. The molecule has 0 radical (unpaired) electrons. The number of benzene rings is 2. The summed E-state index contributed by atoms with van der Waals surface area (Å²) >= 11 is 0. The molecule has 2 aromatic rings. The van der Waals surface area contributed by atoms with E-state index in [4.69, 9.17) is 19.9 Å². The van der Waals surface area contributed by atoms with Crippen LogP contribution in [0.4, 0.5) is 0 Å². The van der Waals surface area contributed by atoms with E-state index < -0.39 is 0 Å². The van der Waals surface area contributed by atoms with Gasteiger partial charge in [0.05, 0.1) is 57.4 Å². The predicted octanol–water partition coefficient (Wildman–Crippen LogP) is 16.6.